The van der Waals surface area contributed by atoms with Crippen LogP contribution in [0.2, 0.25) is 0 Å². The predicted octanol–water partition coefficient (Wildman–Crippen LogP) is 1.86. The minimum Gasteiger partial charge on any atom is -0.481 e. The molecule has 1 saturated heterocycles. The molecule has 1 rings (SSSR count). The molecule has 6 nitrogen and oxygen atoms in total. The highest BCUT2D eigenvalue weighted by Gasteiger charge is 2.54. The van der Waals surface area contributed by atoms with Gasteiger partial charge in [0.05, 0.1) is 5.60 Å². The first-order chi connectivity index (χ1) is 8.89. The Labute approximate surface area is 119 Å². The second-order valence-electron chi connectivity index (χ2n) is 6.95. The van der Waals surface area contributed by atoms with Crippen molar-refractivity contribution in [3.63, 3.8) is 0 Å². The van der Waals surface area contributed by atoms with Crippen LogP contribution in [0.3, 0.4) is 0 Å². The van der Waals surface area contributed by atoms with Crippen LogP contribution in [0.15, 0.2) is 0 Å². The fourth-order valence-electron chi connectivity index (χ4n) is 2.47. The molecule has 0 spiro atoms. The molecule has 1 fully saturated rings. The molecule has 0 aromatic heterocycles. The first kappa shape index (κ1) is 16.8. The largest absolute Gasteiger partial charge is 0.481 e. The molecule has 1 heterocycles. The summed E-state index contributed by atoms with van der Waals surface area (Å²) in [5, 5.41) is 19.8. The molecule has 1 atom stereocenters. The van der Waals surface area contributed by atoms with Gasteiger partial charge in [-0.3, -0.25) is 4.79 Å². The number of amides is 1. The number of carboxylic acid groups (broad SMARTS) is 1. The van der Waals surface area contributed by atoms with Gasteiger partial charge in [0.2, 0.25) is 0 Å². The predicted molar refractivity (Wildman–Crippen MR) is 73.4 cm³/mol. The number of nitrogens with zero attached hydrogens (tertiary/aromatic N) is 1. The lowest BCUT2D eigenvalue weighted by molar-refractivity contribution is -0.172. The van der Waals surface area contributed by atoms with Gasteiger partial charge in [-0.05, 0) is 47.5 Å². The van der Waals surface area contributed by atoms with E-state index in [4.69, 9.17) is 4.74 Å². The monoisotopic (exact) mass is 287 g/mol. The van der Waals surface area contributed by atoms with Crippen LogP contribution in [0.1, 0.15) is 47.5 Å². The van der Waals surface area contributed by atoms with E-state index >= 15 is 0 Å². The lowest BCUT2D eigenvalue weighted by Crippen LogP contribution is -2.60. The number of likely N-dealkylation sites (tertiary alicyclic amines) is 1. The van der Waals surface area contributed by atoms with Crippen LogP contribution in [0.4, 0.5) is 4.79 Å². The van der Waals surface area contributed by atoms with Gasteiger partial charge in [0.15, 0.2) is 0 Å². The third kappa shape index (κ3) is 3.42. The van der Waals surface area contributed by atoms with Crippen LogP contribution in [0, 0.1) is 5.41 Å². The maximum absolute atomic E-state index is 12.1. The number of carbonyl (C=O) groups excluding carboxylic acids is 1. The third-order valence-corrected chi connectivity index (χ3v) is 3.72. The highest BCUT2D eigenvalue weighted by Crippen LogP contribution is 2.40. The summed E-state index contributed by atoms with van der Waals surface area (Å²) in [6.07, 6.45) is 0.327. The van der Waals surface area contributed by atoms with E-state index in [1.165, 1.54) is 18.7 Å². The molecule has 0 aromatic carbocycles. The lowest BCUT2D eigenvalue weighted by atomic mass is 9.68. The second-order valence-corrected chi connectivity index (χ2v) is 6.95. The average molecular weight is 287 g/mol. The van der Waals surface area contributed by atoms with Crippen LogP contribution < -0.4 is 0 Å². The highest BCUT2D eigenvalue weighted by molar-refractivity contribution is 5.78. The summed E-state index contributed by atoms with van der Waals surface area (Å²) in [4.78, 5) is 25.1. The molecule has 2 N–H and O–H groups in total. The second kappa shape index (κ2) is 5.24. The zero-order chi connectivity index (χ0) is 15.8. The zero-order valence-electron chi connectivity index (χ0n) is 12.9. The normalized spacial score (nSPS) is 24.4. The van der Waals surface area contributed by atoms with E-state index in [2.05, 4.69) is 0 Å². The Morgan fingerprint density at radius 2 is 1.75 bits per heavy atom. The molecule has 116 valence electrons. The van der Waals surface area contributed by atoms with E-state index in [1.807, 2.05) is 0 Å². The van der Waals surface area contributed by atoms with E-state index in [1.54, 1.807) is 20.8 Å². The van der Waals surface area contributed by atoms with Gasteiger partial charge in [-0.25, -0.2) is 4.79 Å². The molecule has 20 heavy (non-hydrogen) atoms. The van der Waals surface area contributed by atoms with E-state index in [0.29, 0.717) is 19.4 Å². The van der Waals surface area contributed by atoms with Crippen LogP contribution in [0.5, 0.6) is 0 Å². The Morgan fingerprint density at radius 1 is 1.20 bits per heavy atom. The number of aliphatic carboxylic acids is 1. The summed E-state index contributed by atoms with van der Waals surface area (Å²) in [6, 6.07) is 0. The molecular formula is C14H25NO5. The molecule has 0 radical (unpaired) electrons. The summed E-state index contributed by atoms with van der Waals surface area (Å²) in [5.74, 6) is -1.08. The fraction of sp³-hybridized carbons (Fsp3) is 0.857. The summed E-state index contributed by atoms with van der Waals surface area (Å²) in [5.41, 5.74) is -3.41. The third-order valence-electron chi connectivity index (χ3n) is 3.72. The van der Waals surface area contributed by atoms with Crippen LogP contribution >= 0.6 is 0 Å². The van der Waals surface area contributed by atoms with Crippen molar-refractivity contribution >= 4 is 12.1 Å². The topological polar surface area (TPSA) is 87.1 Å². The van der Waals surface area contributed by atoms with Crippen molar-refractivity contribution < 1.29 is 24.5 Å². The Kier molecular flexibility index (Phi) is 4.39. The fourth-order valence-corrected chi connectivity index (χ4v) is 2.47. The van der Waals surface area contributed by atoms with Crippen molar-refractivity contribution in [1.82, 2.24) is 4.90 Å². The minimum atomic E-state index is -1.42. The number of hydrogen-bond acceptors (Lipinski definition) is 4. The highest BCUT2D eigenvalue weighted by atomic mass is 16.6. The Balaban J connectivity index is 2.95. The van der Waals surface area contributed by atoms with E-state index < -0.39 is 28.7 Å². The number of carbonyl (C=O) groups is 2. The first-order valence-corrected chi connectivity index (χ1v) is 6.83. The Morgan fingerprint density at radius 3 is 2.15 bits per heavy atom. The average Bonchev–Trinajstić information content (AvgIpc) is 2.25. The van der Waals surface area contributed by atoms with E-state index in [9.17, 15) is 19.8 Å². The number of carboxylic acids is 1. The van der Waals surface area contributed by atoms with Gasteiger partial charge >= 0.3 is 12.1 Å². The number of hydrogen-bond donors (Lipinski definition) is 2. The number of rotatable bonds is 2. The van der Waals surface area contributed by atoms with Crippen molar-refractivity contribution in [2.75, 3.05) is 13.1 Å². The summed E-state index contributed by atoms with van der Waals surface area (Å²) in [6.45, 7) is 8.63. The SMILES string of the molecule is CC(C)(C)OC(=O)N1CCC[C@](C(=O)O)(C(C)(C)O)C1. The smallest absolute Gasteiger partial charge is 0.410 e. The molecule has 6 heteroatoms. The van der Waals surface area contributed by atoms with Gasteiger partial charge in [0.25, 0.3) is 0 Å². The van der Waals surface area contributed by atoms with Crippen molar-refractivity contribution in [3.8, 4) is 0 Å². The van der Waals surface area contributed by atoms with Gasteiger partial charge in [-0.1, -0.05) is 0 Å². The summed E-state index contributed by atoms with van der Waals surface area (Å²) < 4.78 is 5.28. The molecule has 0 aromatic rings. The van der Waals surface area contributed by atoms with Gasteiger partial charge in [-0.2, -0.15) is 0 Å². The molecule has 1 aliphatic rings. The maximum atomic E-state index is 12.1. The molecule has 1 aliphatic heterocycles. The van der Waals surface area contributed by atoms with Crippen molar-refractivity contribution in [2.24, 2.45) is 5.41 Å². The van der Waals surface area contributed by atoms with Crippen LogP contribution in [0.25, 0.3) is 0 Å². The number of aliphatic hydroxyl groups is 1. The Bertz CT molecular complexity index is 393. The molecular weight excluding hydrogens is 262 g/mol. The molecule has 0 aliphatic carbocycles. The minimum absolute atomic E-state index is 0.0409. The van der Waals surface area contributed by atoms with Crippen molar-refractivity contribution in [1.29, 1.82) is 0 Å². The summed E-state index contributed by atoms with van der Waals surface area (Å²) >= 11 is 0. The number of piperidine rings is 1. The van der Waals surface area contributed by atoms with Crippen molar-refractivity contribution in [2.45, 2.75) is 58.7 Å². The summed E-state index contributed by atoms with van der Waals surface area (Å²) in [7, 11) is 0. The molecule has 0 unspecified atom stereocenters. The zero-order valence-corrected chi connectivity index (χ0v) is 12.9. The molecule has 0 bridgehead atoms. The maximum Gasteiger partial charge on any atom is 0.410 e. The van der Waals surface area contributed by atoms with Gasteiger partial charge in [0.1, 0.15) is 11.0 Å². The van der Waals surface area contributed by atoms with E-state index in [-0.39, 0.29) is 6.54 Å². The molecule has 1 amide bonds. The van der Waals surface area contributed by atoms with Gasteiger partial charge in [0, 0.05) is 13.1 Å². The Hall–Kier alpha value is -1.30. The first-order valence-electron chi connectivity index (χ1n) is 6.83. The quantitative estimate of drug-likeness (QED) is 0.809. The van der Waals surface area contributed by atoms with Gasteiger partial charge in [-0.15, -0.1) is 0 Å². The standard InChI is InChI=1S/C14H25NO5/c1-12(2,3)20-11(18)15-8-6-7-14(9-15,10(16)17)13(4,5)19/h19H,6-9H2,1-5H3,(H,16,17)/t14-/m0/s1. The number of ether oxygens (including phenoxy) is 1. The van der Waals surface area contributed by atoms with Crippen molar-refractivity contribution in [3.05, 3.63) is 0 Å². The lowest BCUT2D eigenvalue weighted by Gasteiger charge is -2.46. The molecule has 0 saturated carbocycles. The van der Waals surface area contributed by atoms with E-state index in [0.717, 1.165) is 0 Å². The van der Waals surface area contributed by atoms with Crippen LogP contribution in [-0.2, 0) is 9.53 Å². The van der Waals surface area contributed by atoms with Gasteiger partial charge < -0.3 is 19.8 Å². The van der Waals surface area contributed by atoms with Crippen LogP contribution in [-0.4, -0.2) is 51.5 Å².